The first kappa shape index (κ1) is 13.3. The van der Waals surface area contributed by atoms with E-state index >= 15 is 0 Å². The Balaban J connectivity index is 1.95. The Morgan fingerprint density at radius 3 is 3.00 bits per heavy atom. The largest absolute Gasteiger partial charge is 0.407 e. The van der Waals surface area contributed by atoms with Crippen LogP contribution in [0.1, 0.15) is 51.8 Å². The Morgan fingerprint density at radius 2 is 2.22 bits per heavy atom. The Labute approximate surface area is 109 Å². The zero-order chi connectivity index (χ0) is 12.8. The number of nitrogens with zero attached hydrogens (tertiary/aromatic N) is 3. The molecular weight excluding hydrogens is 228 g/mol. The second-order valence-corrected chi connectivity index (χ2v) is 4.91. The summed E-state index contributed by atoms with van der Waals surface area (Å²) in [6.07, 6.45) is 6.04. The summed E-state index contributed by atoms with van der Waals surface area (Å²) in [5, 5.41) is 11.6. The van der Waals surface area contributed by atoms with Gasteiger partial charge in [0.1, 0.15) is 0 Å². The molecule has 18 heavy (non-hydrogen) atoms. The first-order valence-electron chi connectivity index (χ1n) is 7.14. The number of aromatic nitrogens is 2. The van der Waals surface area contributed by atoms with Gasteiger partial charge in [-0.25, -0.2) is 0 Å². The Morgan fingerprint density at radius 1 is 1.33 bits per heavy atom. The molecule has 0 aliphatic carbocycles. The number of nitrogens with one attached hydrogen (secondary N) is 1. The van der Waals surface area contributed by atoms with Crippen LogP contribution in [-0.2, 0) is 6.54 Å². The fourth-order valence-electron chi connectivity index (χ4n) is 2.48. The van der Waals surface area contributed by atoms with E-state index in [1.54, 1.807) is 0 Å². The van der Waals surface area contributed by atoms with Crippen molar-refractivity contribution in [1.29, 1.82) is 0 Å². The quantitative estimate of drug-likeness (QED) is 0.788. The van der Waals surface area contributed by atoms with Crippen molar-refractivity contribution in [3.63, 3.8) is 0 Å². The zero-order valence-corrected chi connectivity index (χ0v) is 11.5. The summed E-state index contributed by atoms with van der Waals surface area (Å²) in [4.78, 5) is 2.28. The van der Waals surface area contributed by atoms with Crippen molar-refractivity contribution < 1.29 is 4.42 Å². The lowest BCUT2D eigenvalue weighted by Crippen LogP contribution is -2.39. The van der Waals surface area contributed by atoms with Crippen molar-refractivity contribution >= 4 is 6.01 Å². The van der Waals surface area contributed by atoms with Crippen LogP contribution >= 0.6 is 0 Å². The van der Waals surface area contributed by atoms with Gasteiger partial charge in [-0.1, -0.05) is 18.9 Å². The summed E-state index contributed by atoms with van der Waals surface area (Å²) in [5.74, 6) is 0.693. The molecule has 0 radical (unpaired) electrons. The smallest absolute Gasteiger partial charge is 0.318 e. The third-order valence-corrected chi connectivity index (χ3v) is 3.50. The summed E-state index contributed by atoms with van der Waals surface area (Å²) < 4.78 is 5.74. The van der Waals surface area contributed by atoms with Crippen molar-refractivity contribution in [3.8, 4) is 0 Å². The highest BCUT2D eigenvalue weighted by molar-refractivity contribution is 5.27. The van der Waals surface area contributed by atoms with Crippen molar-refractivity contribution in [2.45, 2.75) is 58.5 Å². The predicted octanol–water partition coefficient (Wildman–Crippen LogP) is 2.34. The molecule has 1 unspecified atom stereocenters. The van der Waals surface area contributed by atoms with Crippen molar-refractivity contribution in [2.24, 2.45) is 0 Å². The molecule has 1 aromatic rings. The molecule has 0 bridgehead atoms. The van der Waals surface area contributed by atoms with E-state index in [0.29, 0.717) is 24.5 Å². The lowest BCUT2D eigenvalue weighted by atomic mass is 10.0. The van der Waals surface area contributed by atoms with Crippen LogP contribution < -0.4 is 10.2 Å². The molecule has 5 heteroatoms. The topological polar surface area (TPSA) is 54.2 Å². The average Bonchev–Trinajstić information content (AvgIpc) is 2.88. The van der Waals surface area contributed by atoms with E-state index in [9.17, 15) is 0 Å². The summed E-state index contributed by atoms with van der Waals surface area (Å²) >= 11 is 0. The molecule has 102 valence electrons. The van der Waals surface area contributed by atoms with Crippen LogP contribution in [-0.4, -0.2) is 29.3 Å². The lowest BCUT2D eigenvalue weighted by molar-refractivity contribution is 0.396. The third kappa shape index (κ3) is 3.22. The minimum Gasteiger partial charge on any atom is -0.407 e. The molecule has 0 saturated carbocycles. The molecule has 1 fully saturated rings. The molecule has 1 saturated heterocycles. The van der Waals surface area contributed by atoms with Gasteiger partial charge in [-0.3, -0.25) is 0 Å². The molecular formula is C13H24N4O. The van der Waals surface area contributed by atoms with Crippen LogP contribution in [0.2, 0.25) is 0 Å². The van der Waals surface area contributed by atoms with Gasteiger partial charge >= 0.3 is 6.01 Å². The minimum atomic E-state index is 0.565. The van der Waals surface area contributed by atoms with Gasteiger partial charge < -0.3 is 14.6 Å². The number of hydrogen-bond donors (Lipinski definition) is 1. The molecule has 5 nitrogen and oxygen atoms in total. The molecule has 1 aromatic heterocycles. The molecule has 1 aliphatic heterocycles. The summed E-state index contributed by atoms with van der Waals surface area (Å²) in [6, 6.07) is 1.27. The van der Waals surface area contributed by atoms with E-state index in [4.69, 9.17) is 4.42 Å². The van der Waals surface area contributed by atoms with Gasteiger partial charge in [0.2, 0.25) is 5.89 Å². The van der Waals surface area contributed by atoms with Crippen LogP contribution in [0, 0.1) is 0 Å². The molecule has 2 rings (SSSR count). The van der Waals surface area contributed by atoms with Crippen LogP contribution in [0.25, 0.3) is 0 Å². The molecule has 1 aliphatic rings. The predicted molar refractivity (Wildman–Crippen MR) is 71.6 cm³/mol. The van der Waals surface area contributed by atoms with E-state index in [1.165, 1.54) is 19.3 Å². The molecule has 2 heterocycles. The maximum atomic E-state index is 5.74. The minimum absolute atomic E-state index is 0.565. The van der Waals surface area contributed by atoms with Crippen molar-refractivity contribution in [1.82, 2.24) is 15.5 Å². The first-order valence-corrected chi connectivity index (χ1v) is 7.14. The fourth-order valence-corrected chi connectivity index (χ4v) is 2.48. The maximum absolute atomic E-state index is 5.74. The third-order valence-electron chi connectivity index (χ3n) is 3.50. The Hall–Kier alpha value is -1.10. The first-order chi connectivity index (χ1) is 8.85. The fraction of sp³-hybridized carbons (Fsp3) is 0.846. The monoisotopic (exact) mass is 252 g/mol. The number of hydrogen-bond acceptors (Lipinski definition) is 5. The molecule has 0 amide bonds. The summed E-state index contributed by atoms with van der Waals surface area (Å²) in [5.41, 5.74) is 0. The van der Waals surface area contributed by atoms with Gasteiger partial charge in [-0.2, -0.15) is 0 Å². The van der Waals surface area contributed by atoms with Crippen LogP contribution in [0.15, 0.2) is 4.42 Å². The van der Waals surface area contributed by atoms with Gasteiger partial charge in [0, 0.05) is 12.6 Å². The van der Waals surface area contributed by atoms with Gasteiger partial charge in [-0.05, 0) is 38.6 Å². The highest BCUT2D eigenvalue weighted by Crippen LogP contribution is 2.25. The standard InChI is InChI=1S/C13H24N4O/c1-3-8-14-10-12-15-16-13(18-12)17-9-6-5-7-11(17)4-2/h11,14H,3-10H2,1-2H3. The molecule has 1 N–H and O–H groups in total. The van der Waals surface area contributed by atoms with Gasteiger partial charge in [0.15, 0.2) is 0 Å². The van der Waals surface area contributed by atoms with E-state index in [-0.39, 0.29) is 0 Å². The van der Waals surface area contributed by atoms with Gasteiger partial charge in [-0.15, -0.1) is 5.10 Å². The second-order valence-electron chi connectivity index (χ2n) is 4.91. The Bertz CT molecular complexity index is 353. The zero-order valence-electron chi connectivity index (χ0n) is 11.5. The van der Waals surface area contributed by atoms with Gasteiger partial charge in [0.05, 0.1) is 6.54 Å². The summed E-state index contributed by atoms with van der Waals surface area (Å²) in [6.45, 7) is 7.07. The van der Waals surface area contributed by atoms with Crippen LogP contribution in [0.5, 0.6) is 0 Å². The highest BCUT2D eigenvalue weighted by Gasteiger charge is 2.25. The second kappa shape index (κ2) is 6.73. The number of rotatable bonds is 6. The highest BCUT2D eigenvalue weighted by atomic mass is 16.4. The van der Waals surface area contributed by atoms with E-state index in [1.807, 2.05) is 0 Å². The van der Waals surface area contributed by atoms with Gasteiger partial charge in [0.25, 0.3) is 0 Å². The average molecular weight is 252 g/mol. The van der Waals surface area contributed by atoms with E-state index in [2.05, 4.69) is 34.3 Å². The number of piperidine rings is 1. The summed E-state index contributed by atoms with van der Waals surface area (Å²) in [7, 11) is 0. The normalized spacial score (nSPS) is 20.3. The molecule has 0 spiro atoms. The maximum Gasteiger partial charge on any atom is 0.318 e. The Kier molecular flexibility index (Phi) is 4.99. The SMILES string of the molecule is CCCNCc1nnc(N2CCCCC2CC)o1. The molecule has 0 aromatic carbocycles. The molecule has 1 atom stereocenters. The van der Waals surface area contributed by atoms with Crippen molar-refractivity contribution in [3.05, 3.63) is 5.89 Å². The lowest BCUT2D eigenvalue weighted by Gasteiger charge is -2.33. The van der Waals surface area contributed by atoms with E-state index < -0.39 is 0 Å². The van der Waals surface area contributed by atoms with Crippen LogP contribution in [0.3, 0.4) is 0 Å². The van der Waals surface area contributed by atoms with Crippen molar-refractivity contribution in [2.75, 3.05) is 18.0 Å². The number of anilines is 1. The van der Waals surface area contributed by atoms with Crippen LogP contribution in [0.4, 0.5) is 6.01 Å². The van der Waals surface area contributed by atoms with E-state index in [0.717, 1.165) is 25.9 Å².